The first-order valence-electron chi connectivity index (χ1n) is 6.62. The Bertz CT molecular complexity index is 395. The molecule has 98 valence electrons. The first-order valence-corrected chi connectivity index (χ1v) is 6.62. The molecular formula is C15H20FNO. The first kappa shape index (κ1) is 13.2. The Balaban J connectivity index is 1.84. The van der Waals surface area contributed by atoms with Crippen molar-refractivity contribution in [3.8, 4) is 0 Å². The van der Waals surface area contributed by atoms with Crippen LogP contribution in [0.25, 0.3) is 0 Å². The molecule has 0 bridgehead atoms. The Labute approximate surface area is 108 Å². The summed E-state index contributed by atoms with van der Waals surface area (Å²) >= 11 is 0. The van der Waals surface area contributed by atoms with E-state index in [4.69, 9.17) is 0 Å². The van der Waals surface area contributed by atoms with Crippen LogP contribution < -0.4 is 0 Å². The lowest BCUT2D eigenvalue weighted by Gasteiger charge is -2.19. The summed E-state index contributed by atoms with van der Waals surface area (Å²) in [6, 6.07) is 5.79. The maximum Gasteiger partial charge on any atom is 0.176 e. The van der Waals surface area contributed by atoms with Crippen LogP contribution >= 0.6 is 0 Å². The number of benzene rings is 1. The van der Waals surface area contributed by atoms with E-state index >= 15 is 0 Å². The summed E-state index contributed by atoms with van der Waals surface area (Å²) in [5, 5.41) is 0. The Morgan fingerprint density at radius 1 is 1.28 bits per heavy atom. The van der Waals surface area contributed by atoms with Crippen molar-refractivity contribution in [1.29, 1.82) is 0 Å². The predicted octanol–water partition coefficient (Wildman–Crippen LogP) is 3.13. The fraction of sp³-hybridized carbons (Fsp3) is 0.533. The second-order valence-corrected chi connectivity index (χ2v) is 5.28. The van der Waals surface area contributed by atoms with Crippen LogP contribution in [0.5, 0.6) is 0 Å². The molecule has 1 aliphatic carbocycles. The average Bonchev–Trinajstić information content (AvgIpc) is 2.82. The Hall–Kier alpha value is -1.22. The van der Waals surface area contributed by atoms with Gasteiger partial charge < -0.3 is 0 Å². The zero-order chi connectivity index (χ0) is 13.0. The highest BCUT2D eigenvalue weighted by Gasteiger charge is 2.18. The van der Waals surface area contributed by atoms with Crippen LogP contribution in [0, 0.1) is 11.7 Å². The molecule has 0 atom stereocenters. The van der Waals surface area contributed by atoms with E-state index in [1.807, 2.05) is 7.05 Å². The van der Waals surface area contributed by atoms with Gasteiger partial charge in [-0.2, -0.15) is 0 Å². The number of halogens is 1. The minimum Gasteiger partial charge on any atom is -0.299 e. The molecule has 2 nitrogen and oxygen atoms in total. The van der Waals surface area contributed by atoms with Crippen LogP contribution in [0.15, 0.2) is 24.3 Å². The maximum absolute atomic E-state index is 12.8. The SMILES string of the molecule is CN(CC(=O)c1ccc(F)cc1)CC1CCCC1. The molecule has 0 spiro atoms. The van der Waals surface area contributed by atoms with Gasteiger partial charge in [0.1, 0.15) is 5.82 Å². The number of ketones is 1. The number of hydrogen-bond donors (Lipinski definition) is 0. The molecule has 0 unspecified atom stereocenters. The average molecular weight is 249 g/mol. The van der Waals surface area contributed by atoms with Gasteiger partial charge in [0.15, 0.2) is 5.78 Å². The van der Waals surface area contributed by atoms with Crippen molar-refractivity contribution in [3.05, 3.63) is 35.6 Å². The molecule has 0 saturated heterocycles. The van der Waals surface area contributed by atoms with Gasteiger partial charge in [0.2, 0.25) is 0 Å². The molecule has 0 N–H and O–H groups in total. The maximum atomic E-state index is 12.8. The van der Waals surface area contributed by atoms with E-state index in [1.54, 1.807) is 12.1 Å². The van der Waals surface area contributed by atoms with Gasteiger partial charge in [-0.1, -0.05) is 12.8 Å². The van der Waals surface area contributed by atoms with Crippen LogP contribution in [0.3, 0.4) is 0 Å². The molecule has 18 heavy (non-hydrogen) atoms. The third-order valence-corrected chi connectivity index (χ3v) is 3.62. The largest absolute Gasteiger partial charge is 0.299 e. The molecule has 3 heteroatoms. The summed E-state index contributed by atoms with van der Waals surface area (Å²) in [6.07, 6.45) is 5.22. The Morgan fingerprint density at radius 3 is 2.50 bits per heavy atom. The highest BCUT2D eigenvalue weighted by molar-refractivity contribution is 5.97. The number of carbonyl (C=O) groups excluding carboxylic acids is 1. The van der Waals surface area contributed by atoms with Crippen LogP contribution in [-0.2, 0) is 0 Å². The van der Waals surface area contributed by atoms with Crippen molar-refractivity contribution in [2.24, 2.45) is 5.92 Å². The summed E-state index contributed by atoms with van der Waals surface area (Å²) in [5.74, 6) is 0.511. The van der Waals surface area contributed by atoms with Gasteiger partial charge in [-0.3, -0.25) is 9.69 Å². The third kappa shape index (κ3) is 3.64. The minimum atomic E-state index is -0.300. The molecule has 1 fully saturated rings. The summed E-state index contributed by atoms with van der Waals surface area (Å²) in [5.41, 5.74) is 0.592. The quantitative estimate of drug-likeness (QED) is 0.747. The summed E-state index contributed by atoms with van der Waals surface area (Å²) in [7, 11) is 1.99. The van der Waals surface area contributed by atoms with E-state index in [0.717, 1.165) is 12.5 Å². The second kappa shape index (κ2) is 6.10. The molecule has 0 aliphatic heterocycles. The monoisotopic (exact) mass is 249 g/mol. The van der Waals surface area contributed by atoms with Gasteiger partial charge in [0, 0.05) is 12.1 Å². The second-order valence-electron chi connectivity index (χ2n) is 5.28. The molecule has 1 aliphatic rings. The van der Waals surface area contributed by atoms with Crippen LogP contribution in [0.2, 0.25) is 0 Å². The van der Waals surface area contributed by atoms with E-state index in [-0.39, 0.29) is 11.6 Å². The van der Waals surface area contributed by atoms with Crippen molar-refractivity contribution in [2.45, 2.75) is 25.7 Å². The zero-order valence-electron chi connectivity index (χ0n) is 10.9. The smallest absolute Gasteiger partial charge is 0.176 e. The molecule has 1 saturated carbocycles. The zero-order valence-corrected chi connectivity index (χ0v) is 10.9. The highest BCUT2D eigenvalue weighted by Crippen LogP contribution is 2.25. The Morgan fingerprint density at radius 2 is 1.89 bits per heavy atom. The standard InChI is InChI=1S/C15H20FNO/c1-17(10-12-4-2-3-5-12)11-15(18)13-6-8-14(16)9-7-13/h6-9,12H,2-5,10-11H2,1H3. The van der Waals surface area contributed by atoms with Crippen molar-refractivity contribution in [2.75, 3.05) is 20.1 Å². The Kier molecular flexibility index (Phi) is 4.48. The van der Waals surface area contributed by atoms with Crippen LogP contribution in [0.1, 0.15) is 36.0 Å². The molecule has 0 aromatic heterocycles. The third-order valence-electron chi connectivity index (χ3n) is 3.62. The van der Waals surface area contributed by atoms with Gasteiger partial charge in [0.05, 0.1) is 6.54 Å². The van der Waals surface area contributed by atoms with Gasteiger partial charge in [-0.25, -0.2) is 4.39 Å². The van der Waals surface area contributed by atoms with E-state index in [1.165, 1.54) is 37.8 Å². The number of nitrogens with zero attached hydrogens (tertiary/aromatic N) is 1. The number of hydrogen-bond acceptors (Lipinski definition) is 2. The highest BCUT2D eigenvalue weighted by atomic mass is 19.1. The lowest BCUT2D eigenvalue weighted by atomic mass is 10.1. The van der Waals surface area contributed by atoms with Gasteiger partial charge in [0.25, 0.3) is 0 Å². The molecule has 1 aromatic rings. The number of likely N-dealkylation sites (N-methyl/N-ethyl adjacent to an activating group) is 1. The van der Waals surface area contributed by atoms with Crippen LogP contribution in [-0.4, -0.2) is 30.8 Å². The normalized spacial score (nSPS) is 16.4. The van der Waals surface area contributed by atoms with E-state index < -0.39 is 0 Å². The van der Waals surface area contributed by atoms with Crippen molar-refractivity contribution < 1.29 is 9.18 Å². The molecule has 1 aromatic carbocycles. The molecule has 0 radical (unpaired) electrons. The molecule has 0 heterocycles. The first-order chi connectivity index (χ1) is 8.65. The van der Waals surface area contributed by atoms with E-state index in [0.29, 0.717) is 12.1 Å². The fourth-order valence-electron chi connectivity index (χ4n) is 2.67. The fourth-order valence-corrected chi connectivity index (χ4v) is 2.67. The lowest BCUT2D eigenvalue weighted by Crippen LogP contribution is -2.30. The topological polar surface area (TPSA) is 20.3 Å². The number of rotatable bonds is 5. The molecule has 2 rings (SSSR count). The van der Waals surface area contributed by atoms with E-state index in [2.05, 4.69) is 4.90 Å². The summed E-state index contributed by atoms with van der Waals surface area (Å²) in [6.45, 7) is 1.41. The van der Waals surface area contributed by atoms with Crippen molar-refractivity contribution >= 4 is 5.78 Å². The van der Waals surface area contributed by atoms with Gasteiger partial charge in [-0.15, -0.1) is 0 Å². The predicted molar refractivity (Wildman–Crippen MR) is 70.2 cm³/mol. The summed E-state index contributed by atoms with van der Waals surface area (Å²) in [4.78, 5) is 14.1. The number of Topliss-reactive ketones (excluding diaryl/α,β-unsaturated/α-hetero) is 1. The minimum absolute atomic E-state index is 0.0653. The summed E-state index contributed by atoms with van der Waals surface area (Å²) < 4.78 is 12.8. The van der Waals surface area contributed by atoms with Crippen molar-refractivity contribution in [1.82, 2.24) is 4.90 Å². The molecule has 0 amide bonds. The number of carbonyl (C=O) groups is 1. The van der Waals surface area contributed by atoms with Crippen LogP contribution in [0.4, 0.5) is 4.39 Å². The van der Waals surface area contributed by atoms with Gasteiger partial charge in [-0.05, 0) is 50.1 Å². The van der Waals surface area contributed by atoms with Gasteiger partial charge >= 0.3 is 0 Å². The molecular weight excluding hydrogens is 229 g/mol. The lowest BCUT2D eigenvalue weighted by molar-refractivity contribution is 0.0938. The van der Waals surface area contributed by atoms with Crippen molar-refractivity contribution in [3.63, 3.8) is 0 Å². The van der Waals surface area contributed by atoms with E-state index in [9.17, 15) is 9.18 Å².